The fourth-order valence-corrected chi connectivity index (χ4v) is 2.04. The normalized spacial score (nSPS) is 10.5. The molecule has 1 heterocycles. The topological polar surface area (TPSA) is 134 Å². The summed E-state index contributed by atoms with van der Waals surface area (Å²) in [6, 6.07) is 2.84. The van der Waals surface area contributed by atoms with E-state index in [1.807, 2.05) is 0 Å². The van der Waals surface area contributed by atoms with Crippen LogP contribution >= 0.6 is 0 Å². The summed E-state index contributed by atoms with van der Waals surface area (Å²) >= 11 is 0. The van der Waals surface area contributed by atoms with Gasteiger partial charge in [0, 0.05) is 0 Å². The van der Waals surface area contributed by atoms with Crippen LogP contribution in [0.4, 0.5) is 17.1 Å². The molecule has 2 N–H and O–H groups in total. The van der Waals surface area contributed by atoms with Crippen molar-refractivity contribution in [3.63, 3.8) is 0 Å². The number of hydrogen-bond acceptors (Lipinski definition) is 7. The third-order valence-corrected chi connectivity index (χ3v) is 2.86. The molecule has 0 unspecified atom stereocenters. The standard InChI is InChI=1S/C11H10N4O5/c1-5-10(14(16)17)9(12)8-6(13-5)3-4-7(20-2)11(8)15(18)19/h3-4H,1-2H3,(H2,12,13). The molecule has 0 spiro atoms. The van der Waals surface area contributed by atoms with Crippen molar-refractivity contribution in [2.75, 3.05) is 12.8 Å². The minimum Gasteiger partial charge on any atom is -0.490 e. The molecule has 2 rings (SSSR count). The first kappa shape index (κ1) is 13.5. The summed E-state index contributed by atoms with van der Waals surface area (Å²) in [5.74, 6) is -0.0332. The third-order valence-electron chi connectivity index (χ3n) is 2.86. The molecule has 0 aliphatic rings. The minimum absolute atomic E-state index is 0.0332. The first-order valence-electron chi connectivity index (χ1n) is 5.44. The number of nitrogens with two attached hydrogens (primary N) is 1. The van der Waals surface area contributed by atoms with Gasteiger partial charge >= 0.3 is 11.4 Å². The zero-order chi connectivity index (χ0) is 15.0. The number of aromatic nitrogens is 1. The molecular formula is C11H10N4O5. The smallest absolute Gasteiger partial charge is 0.322 e. The molecule has 0 amide bonds. The van der Waals surface area contributed by atoms with E-state index in [0.717, 1.165) is 0 Å². The molecule has 1 aromatic carbocycles. The van der Waals surface area contributed by atoms with Gasteiger partial charge in [0.15, 0.2) is 5.75 Å². The molecule has 0 saturated heterocycles. The first-order chi connectivity index (χ1) is 9.38. The second-order valence-corrected chi connectivity index (χ2v) is 3.98. The highest BCUT2D eigenvalue weighted by Gasteiger charge is 2.28. The van der Waals surface area contributed by atoms with Gasteiger partial charge in [-0.05, 0) is 19.1 Å². The van der Waals surface area contributed by atoms with E-state index >= 15 is 0 Å². The zero-order valence-electron chi connectivity index (χ0n) is 10.6. The van der Waals surface area contributed by atoms with Crippen LogP contribution in [-0.4, -0.2) is 21.9 Å². The molecule has 0 atom stereocenters. The van der Waals surface area contributed by atoms with Crippen LogP contribution in [-0.2, 0) is 0 Å². The van der Waals surface area contributed by atoms with Gasteiger partial charge in [-0.15, -0.1) is 0 Å². The summed E-state index contributed by atoms with van der Waals surface area (Å²) < 4.78 is 4.91. The maximum Gasteiger partial charge on any atom is 0.322 e. The number of ether oxygens (including phenoxy) is 1. The number of hydrogen-bond donors (Lipinski definition) is 1. The summed E-state index contributed by atoms with van der Waals surface area (Å²) in [6.07, 6.45) is 0. The number of aryl methyl sites for hydroxylation is 1. The second kappa shape index (κ2) is 4.61. The average Bonchev–Trinajstić information content (AvgIpc) is 2.36. The highest BCUT2D eigenvalue weighted by atomic mass is 16.6. The van der Waals surface area contributed by atoms with Crippen molar-refractivity contribution in [1.82, 2.24) is 4.98 Å². The molecule has 0 fully saturated rings. The SMILES string of the molecule is COc1ccc2nc(C)c([N+](=O)[O-])c(N)c2c1[N+](=O)[O-]. The molecule has 9 nitrogen and oxygen atoms in total. The molecule has 0 aliphatic heterocycles. The van der Waals surface area contributed by atoms with Crippen molar-refractivity contribution in [1.29, 1.82) is 0 Å². The van der Waals surface area contributed by atoms with Crippen molar-refractivity contribution < 1.29 is 14.6 Å². The van der Waals surface area contributed by atoms with Crippen molar-refractivity contribution in [2.24, 2.45) is 0 Å². The van der Waals surface area contributed by atoms with Crippen molar-refractivity contribution >= 4 is 28.0 Å². The van der Waals surface area contributed by atoms with Gasteiger partial charge in [-0.25, -0.2) is 4.98 Å². The van der Waals surface area contributed by atoms with Gasteiger partial charge in [-0.3, -0.25) is 20.2 Å². The molecule has 104 valence electrons. The Hall–Kier alpha value is -2.97. The van der Waals surface area contributed by atoms with Gasteiger partial charge in [0.05, 0.1) is 22.5 Å². The van der Waals surface area contributed by atoms with Gasteiger partial charge in [0.2, 0.25) is 0 Å². The first-order valence-corrected chi connectivity index (χ1v) is 5.44. The largest absolute Gasteiger partial charge is 0.490 e. The number of nitro groups is 2. The summed E-state index contributed by atoms with van der Waals surface area (Å²) in [6.45, 7) is 1.42. The van der Waals surface area contributed by atoms with Crippen LogP contribution in [0.25, 0.3) is 10.9 Å². The maximum atomic E-state index is 11.2. The highest BCUT2D eigenvalue weighted by Crippen LogP contribution is 2.41. The summed E-state index contributed by atoms with van der Waals surface area (Å²) in [5.41, 5.74) is 4.89. The number of benzene rings is 1. The van der Waals surface area contributed by atoms with E-state index in [4.69, 9.17) is 10.5 Å². The van der Waals surface area contributed by atoms with Gasteiger partial charge in [-0.1, -0.05) is 0 Å². The number of rotatable bonds is 3. The highest BCUT2D eigenvalue weighted by molar-refractivity contribution is 6.03. The number of pyridine rings is 1. The van der Waals surface area contributed by atoms with Gasteiger partial charge in [0.1, 0.15) is 16.8 Å². The minimum atomic E-state index is -0.708. The Morgan fingerprint density at radius 3 is 2.30 bits per heavy atom. The van der Waals surface area contributed by atoms with Crippen molar-refractivity contribution in [2.45, 2.75) is 6.92 Å². The lowest BCUT2D eigenvalue weighted by atomic mass is 10.1. The zero-order valence-corrected chi connectivity index (χ0v) is 10.6. The summed E-state index contributed by atoms with van der Waals surface area (Å²) in [7, 11) is 1.26. The van der Waals surface area contributed by atoms with Crippen LogP contribution in [0.3, 0.4) is 0 Å². The molecule has 20 heavy (non-hydrogen) atoms. The number of nitrogens with zero attached hydrogens (tertiary/aromatic N) is 3. The predicted octanol–water partition coefficient (Wildman–Crippen LogP) is 1.95. The molecule has 0 saturated carbocycles. The molecule has 1 aromatic heterocycles. The molecule has 0 bridgehead atoms. The Balaban J connectivity index is 3.03. The Kier molecular flexibility index (Phi) is 3.10. The van der Waals surface area contributed by atoms with Gasteiger partial charge < -0.3 is 10.5 Å². The van der Waals surface area contributed by atoms with Gasteiger partial charge in [-0.2, -0.15) is 0 Å². The van der Waals surface area contributed by atoms with Crippen molar-refractivity contribution in [3.8, 4) is 5.75 Å². The van der Waals surface area contributed by atoms with E-state index in [1.54, 1.807) is 0 Å². The lowest BCUT2D eigenvalue weighted by Crippen LogP contribution is -2.04. The van der Waals surface area contributed by atoms with E-state index in [9.17, 15) is 20.2 Å². The summed E-state index contributed by atoms with van der Waals surface area (Å²) in [5, 5.41) is 22.1. The average molecular weight is 278 g/mol. The molecule has 2 aromatic rings. The predicted molar refractivity (Wildman–Crippen MR) is 70.8 cm³/mol. The van der Waals surface area contributed by atoms with Crippen LogP contribution in [0.1, 0.15) is 5.69 Å². The van der Waals surface area contributed by atoms with Crippen LogP contribution in [0.5, 0.6) is 5.75 Å². The van der Waals surface area contributed by atoms with Crippen molar-refractivity contribution in [3.05, 3.63) is 38.1 Å². The quantitative estimate of drug-likeness (QED) is 0.669. The third kappa shape index (κ3) is 1.85. The Bertz CT molecular complexity index is 743. The number of methoxy groups -OCH3 is 1. The monoisotopic (exact) mass is 278 g/mol. The molecular weight excluding hydrogens is 268 g/mol. The summed E-state index contributed by atoms with van der Waals surface area (Å²) in [4.78, 5) is 24.8. The van der Waals surface area contributed by atoms with E-state index in [0.29, 0.717) is 0 Å². The van der Waals surface area contributed by atoms with Crippen LogP contribution in [0.15, 0.2) is 12.1 Å². The molecule has 0 radical (unpaired) electrons. The van der Waals surface area contributed by atoms with Crippen LogP contribution < -0.4 is 10.5 Å². The number of nitrogen functional groups attached to an aromatic ring is 1. The van der Waals surface area contributed by atoms with Gasteiger partial charge in [0.25, 0.3) is 0 Å². The van der Waals surface area contributed by atoms with Crippen LogP contribution in [0.2, 0.25) is 0 Å². The Morgan fingerprint density at radius 1 is 1.20 bits per heavy atom. The maximum absolute atomic E-state index is 11.2. The Morgan fingerprint density at radius 2 is 1.80 bits per heavy atom. The molecule has 0 aliphatic carbocycles. The van der Waals surface area contributed by atoms with E-state index in [1.165, 1.54) is 26.2 Å². The van der Waals surface area contributed by atoms with Crippen LogP contribution in [0, 0.1) is 27.2 Å². The number of nitro benzene ring substituents is 1. The molecule has 9 heteroatoms. The fourth-order valence-electron chi connectivity index (χ4n) is 2.04. The number of anilines is 1. The van der Waals surface area contributed by atoms with E-state index in [2.05, 4.69) is 4.98 Å². The Labute approximate surface area is 112 Å². The lowest BCUT2D eigenvalue weighted by Gasteiger charge is -2.08. The van der Waals surface area contributed by atoms with E-state index in [-0.39, 0.29) is 28.0 Å². The second-order valence-electron chi connectivity index (χ2n) is 3.98. The number of fused-ring (bicyclic) bond motifs is 1. The fraction of sp³-hybridized carbons (Fsp3) is 0.182. The lowest BCUT2D eigenvalue weighted by molar-refractivity contribution is -0.386. The van der Waals surface area contributed by atoms with E-state index < -0.39 is 21.2 Å².